The fraction of sp³-hybridized carbons (Fsp3) is 0.167. The summed E-state index contributed by atoms with van der Waals surface area (Å²) in [6.45, 7) is 0. The van der Waals surface area contributed by atoms with E-state index in [0.717, 1.165) is 12.1 Å². The van der Waals surface area contributed by atoms with Gasteiger partial charge in [-0.3, -0.25) is 0 Å². The summed E-state index contributed by atoms with van der Waals surface area (Å²) in [5, 5.41) is 0. The summed E-state index contributed by atoms with van der Waals surface area (Å²) in [6, 6.07) is 1.95. The molecule has 1 aromatic heterocycles. The van der Waals surface area contributed by atoms with E-state index < -0.39 is 11.8 Å². The summed E-state index contributed by atoms with van der Waals surface area (Å²) < 4.78 is 24.7. The summed E-state index contributed by atoms with van der Waals surface area (Å²) >= 11 is 5.24. The first kappa shape index (κ1) is 7.41. The van der Waals surface area contributed by atoms with Crippen LogP contribution >= 0.6 is 11.6 Å². The Balaban J connectivity index is 3.09. The molecule has 0 bridgehead atoms. The van der Waals surface area contributed by atoms with Gasteiger partial charge >= 0.3 is 0 Å². The lowest BCUT2D eigenvalue weighted by atomic mass is 10.4. The van der Waals surface area contributed by atoms with Crippen LogP contribution in [0.3, 0.4) is 0 Å². The smallest absolute Gasteiger partial charge is 0.213 e. The van der Waals surface area contributed by atoms with Crippen molar-refractivity contribution in [3.63, 3.8) is 0 Å². The van der Waals surface area contributed by atoms with E-state index in [4.69, 9.17) is 11.6 Å². The normalized spacial score (nSPS) is 9.90. The Morgan fingerprint density at radius 3 is 2.60 bits per heavy atom. The first-order valence-electron chi connectivity index (χ1n) is 2.61. The van der Waals surface area contributed by atoms with Gasteiger partial charge in [-0.2, -0.15) is 4.39 Å². The summed E-state index contributed by atoms with van der Waals surface area (Å²) in [6.07, 6.45) is 0. The third-order valence-electron chi connectivity index (χ3n) is 1.01. The van der Waals surface area contributed by atoms with E-state index in [0.29, 0.717) is 0 Å². The molecule has 1 rings (SSSR count). The Bertz CT molecular complexity index is 239. The summed E-state index contributed by atoms with van der Waals surface area (Å²) in [5.41, 5.74) is -0.0540. The average Bonchev–Trinajstić information content (AvgIpc) is 1.94. The van der Waals surface area contributed by atoms with Crippen molar-refractivity contribution in [2.75, 3.05) is 0 Å². The number of rotatable bonds is 1. The Labute approximate surface area is 61.7 Å². The van der Waals surface area contributed by atoms with Gasteiger partial charge in [0, 0.05) is 0 Å². The fourth-order valence-electron chi connectivity index (χ4n) is 0.551. The maximum atomic E-state index is 12.5. The van der Waals surface area contributed by atoms with Gasteiger partial charge in [-0.25, -0.2) is 9.37 Å². The molecule has 0 unspecified atom stereocenters. The van der Waals surface area contributed by atoms with E-state index in [9.17, 15) is 8.78 Å². The highest BCUT2D eigenvalue weighted by Crippen LogP contribution is 2.06. The lowest BCUT2D eigenvalue weighted by molar-refractivity contribution is 0.549. The van der Waals surface area contributed by atoms with Crippen LogP contribution in [0.1, 0.15) is 5.69 Å². The quantitative estimate of drug-likeness (QED) is 0.456. The summed E-state index contributed by atoms with van der Waals surface area (Å²) in [5.74, 6) is -1.39. The molecule has 54 valence electrons. The van der Waals surface area contributed by atoms with Gasteiger partial charge in [0.2, 0.25) is 5.95 Å². The molecule has 4 heteroatoms. The molecular formula is C6H4ClF2N. The minimum absolute atomic E-state index is 0.0540. The molecule has 10 heavy (non-hydrogen) atoms. The van der Waals surface area contributed by atoms with Crippen LogP contribution in [0.25, 0.3) is 0 Å². The molecule has 0 saturated heterocycles. The third kappa shape index (κ3) is 1.42. The standard InChI is InChI=1S/C6H4ClF2N/c7-3-5-4(8)1-2-6(9)10-5/h1-2H,3H2. The van der Waals surface area contributed by atoms with Gasteiger partial charge in [0.1, 0.15) is 5.82 Å². The van der Waals surface area contributed by atoms with E-state index in [1.807, 2.05) is 0 Å². The molecule has 1 heterocycles. The van der Waals surface area contributed by atoms with Gasteiger partial charge in [-0.1, -0.05) is 0 Å². The molecule has 1 nitrogen and oxygen atoms in total. The second-order valence-electron chi connectivity index (χ2n) is 1.70. The minimum atomic E-state index is -0.711. The van der Waals surface area contributed by atoms with Gasteiger partial charge in [-0.05, 0) is 12.1 Å². The van der Waals surface area contributed by atoms with Crippen LogP contribution in [-0.2, 0) is 5.88 Å². The van der Waals surface area contributed by atoms with Crippen molar-refractivity contribution in [3.05, 3.63) is 29.6 Å². The van der Waals surface area contributed by atoms with Crippen molar-refractivity contribution >= 4 is 11.6 Å². The maximum absolute atomic E-state index is 12.5. The van der Waals surface area contributed by atoms with E-state index in [1.54, 1.807) is 0 Å². The summed E-state index contributed by atoms with van der Waals surface area (Å²) in [7, 11) is 0. The predicted molar refractivity (Wildman–Crippen MR) is 33.7 cm³/mol. The molecule has 0 radical (unpaired) electrons. The molecule has 0 atom stereocenters. The van der Waals surface area contributed by atoms with Crippen molar-refractivity contribution in [1.29, 1.82) is 0 Å². The molecule has 0 aliphatic carbocycles. The molecule has 0 fully saturated rings. The molecule has 0 aliphatic rings. The molecule has 0 saturated carbocycles. The number of halogens is 3. The zero-order chi connectivity index (χ0) is 7.56. The molecular weight excluding hydrogens is 160 g/mol. The van der Waals surface area contributed by atoms with Gasteiger partial charge in [-0.15, -0.1) is 11.6 Å². The van der Waals surface area contributed by atoms with E-state index in [1.165, 1.54) is 0 Å². The van der Waals surface area contributed by atoms with Crippen LogP contribution in [0.5, 0.6) is 0 Å². The number of pyridine rings is 1. The molecule has 0 N–H and O–H groups in total. The number of hydrogen-bond acceptors (Lipinski definition) is 1. The number of aromatic nitrogens is 1. The minimum Gasteiger partial charge on any atom is -0.220 e. The van der Waals surface area contributed by atoms with Crippen LogP contribution in [-0.4, -0.2) is 4.98 Å². The predicted octanol–water partition coefficient (Wildman–Crippen LogP) is 2.10. The topological polar surface area (TPSA) is 12.9 Å². The van der Waals surface area contributed by atoms with Crippen molar-refractivity contribution in [1.82, 2.24) is 4.98 Å². The zero-order valence-electron chi connectivity index (χ0n) is 4.94. The monoisotopic (exact) mass is 163 g/mol. The zero-order valence-corrected chi connectivity index (χ0v) is 5.70. The molecule has 1 aromatic rings. The number of nitrogens with zero attached hydrogens (tertiary/aromatic N) is 1. The van der Waals surface area contributed by atoms with E-state index in [-0.39, 0.29) is 11.6 Å². The van der Waals surface area contributed by atoms with Gasteiger partial charge in [0.05, 0.1) is 11.6 Å². The average molecular weight is 164 g/mol. The SMILES string of the molecule is Fc1ccc(F)c(CCl)n1. The fourth-order valence-corrected chi connectivity index (χ4v) is 0.739. The lowest BCUT2D eigenvalue weighted by Gasteiger charge is -1.94. The highest BCUT2D eigenvalue weighted by Gasteiger charge is 2.02. The maximum Gasteiger partial charge on any atom is 0.213 e. The molecule has 0 aromatic carbocycles. The Morgan fingerprint density at radius 2 is 2.10 bits per heavy atom. The van der Waals surface area contributed by atoms with Crippen molar-refractivity contribution < 1.29 is 8.78 Å². The largest absolute Gasteiger partial charge is 0.220 e. The Morgan fingerprint density at radius 1 is 1.40 bits per heavy atom. The van der Waals surface area contributed by atoms with Crippen molar-refractivity contribution in [3.8, 4) is 0 Å². The van der Waals surface area contributed by atoms with Gasteiger partial charge in [0.15, 0.2) is 0 Å². The van der Waals surface area contributed by atoms with Gasteiger partial charge < -0.3 is 0 Å². The highest BCUT2D eigenvalue weighted by atomic mass is 35.5. The second-order valence-corrected chi connectivity index (χ2v) is 1.96. The van der Waals surface area contributed by atoms with Crippen LogP contribution in [0.15, 0.2) is 12.1 Å². The van der Waals surface area contributed by atoms with Crippen LogP contribution in [0, 0.1) is 11.8 Å². The lowest BCUT2D eigenvalue weighted by Crippen LogP contribution is -1.93. The molecule has 0 amide bonds. The van der Waals surface area contributed by atoms with Crippen LogP contribution < -0.4 is 0 Å². The Hall–Kier alpha value is -0.700. The summed E-state index contributed by atoms with van der Waals surface area (Å²) in [4.78, 5) is 3.22. The number of hydrogen-bond donors (Lipinski definition) is 0. The highest BCUT2D eigenvalue weighted by molar-refractivity contribution is 6.16. The van der Waals surface area contributed by atoms with Crippen molar-refractivity contribution in [2.24, 2.45) is 0 Å². The molecule has 0 aliphatic heterocycles. The van der Waals surface area contributed by atoms with Crippen LogP contribution in [0.4, 0.5) is 8.78 Å². The van der Waals surface area contributed by atoms with Gasteiger partial charge in [0.25, 0.3) is 0 Å². The van der Waals surface area contributed by atoms with E-state index in [2.05, 4.69) is 4.98 Å². The van der Waals surface area contributed by atoms with Crippen LogP contribution in [0.2, 0.25) is 0 Å². The van der Waals surface area contributed by atoms with Crippen molar-refractivity contribution in [2.45, 2.75) is 5.88 Å². The molecule has 0 spiro atoms. The third-order valence-corrected chi connectivity index (χ3v) is 1.26. The second kappa shape index (κ2) is 2.92. The Kier molecular flexibility index (Phi) is 2.17. The first-order chi connectivity index (χ1) is 4.74. The first-order valence-corrected chi connectivity index (χ1v) is 3.14. The van der Waals surface area contributed by atoms with E-state index >= 15 is 0 Å². The number of alkyl halides is 1.